The van der Waals surface area contributed by atoms with E-state index in [0.717, 1.165) is 4.47 Å². The molecule has 0 spiro atoms. The molecule has 1 atom stereocenters. The lowest BCUT2D eigenvalue weighted by Gasteiger charge is -2.31. The van der Waals surface area contributed by atoms with Crippen molar-refractivity contribution in [2.24, 2.45) is 5.92 Å². The first kappa shape index (κ1) is 21.6. The number of nitrogens with one attached hydrogen (secondary N) is 1. The van der Waals surface area contributed by atoms with Crippen molar-refractivity contribution in [2.75, 3.05) is 32.6 Å². The minimum Gasteiger partial charge on any atom is -0.497 e. The lowest BCUT2D eigenvalue weighted by molar-refractivity contribution is -0.120. The number of benzene rings is 2. The van der Waals surface area contributed by atoms with Crippen LogP contribution in [-0.4, -0.2) is 45.9 Å². The zero-order valence-corrected chi connectivity index (χ0v) is 18.6. The molecule has 156 valence electrons. The first-order valence-electron chi connectivity index (χ1n) is 9.13. The highest BCUT2D eigenvalue weighted by Gasteiger charge is 2.33. The molecule has 0 unspecified atom stereocenters. The molecule has 0 bridgehead atoms. The van der Waals surface area contributed by atoms with Gasteiger partial charge in [0, 0.05) is 23.6 Å². The summed E-state index contributed by atoms with van der Waals surface area (Å²) >= 11 is 3.31. The molecule has 3 rings (SSSR count). The van der Waals surface area contributed by atoms with Crippen molar-refractivity contribution in [3.05, 3.63) is 46.9 Å². The summed E-state index contributed by atoms with van der Waals surface area (Å²) in [6, 6.07) is 11.6. The normalized spacial score (nSPS) is 17.6. The Morgan fingerprint density at radius 1 is 1.14 bits per heavy atom. The van der Waals surface area contributed by atoms with Gasteiger partial charge in [0.15, 0.2) is 0 Å². The summed E-state index contributed by atoms with van der Waals surface area (Å²) in [4.78, 5) is 13.0. The minimum atomic E-state index is -3.65. The smallest absolute Gasteiger partial charge is 0.243 e. The van der Waals surface area contributed by atoms with Crippen LogP contribution in [0.25, 0.3) is 0 Å². The third-order valence-corrected chi connectivity index (χ3v) is 7.28. The van der Waals surface area contributed by atoms with Crippen LogP contribution in [0.5, 0.6) is 11.5 Å². The van der Waals surface area contributed by atoms with E-state index in [1.165, 1.54) is 11.4 Å². The quantitative estimate of drug-likeness (QED) is 0.680. The van der Waals surface area contributed by atoms with Gasteiger partial charge in [0.25, 0.3) is 0 Å². The van der Waals surface area contributed by atoms with Crippen LogP contribution in [0.15, 0.2) is 51.8 Å². The van der Waals surface area contributed by atoms with Gasteiger partial charge in [-0.05, 0) is 49.2 Å². The topological polar surface area (TPSA) is 84.9 Å². The molecule has 0 saturated carbocycles. The van der Waals surface area contributed by atoms with E-state index < -0.39 is 15.9 Å². The highest BCUT2D eigenvalue weighted by molar-refractivity contribution is 9.10. The van der Waals surface area contributed by atoms with Crippen LogP contribution in [0.1, 0.15) is 12.8 Å². The molecule has 29 heavy (non-hydrogen) atoms. The molecule has 1 saturated heterocycles. The van der Waals surface area contributed by atoms with E-state index in [1.54, 1.807) is 49.6 Å². The molecule has 0 radical (unpaired) electrons. The first-order chi connectivity index (χ1) is 13.8. The predicted molar refractivity (Wildman–Crippen MR) is 114 cm³/mol. The average Bonchev–Trinajstić information content (AvgIpc) is 2.74. The summed E-state index contributed by atoms with van der Waals surface area (Å²) in [6.45, 7) is 0.538. The second-order valence-electron chi connectivity index (χ2n) is 6.71. The molecule has 1 N–H and O–H groups in total. The van der Waals surface area contributed by atoms with Gasteiger partial charge in [0.2, 0.25) is 15.9 Å². The molecule has 9 heteroatoms. The van der Waals surface area contributed by atoms with Crippen molar-refractivity contribution >= 4 is 37.5 Å². The molecule has 2 aromatic carbocycles. The number of ether oxygens (including phenoxy) is 2. The predicted octanol–water partition coefficient (Wildman–Crippen LogP) is 3.51. The van der Waals surface area contributed by atoms with Crippen molar-refractivity contribution < 1.29 is 22.7 Å². The summed E-state index contributed by atoms with van der Waals surface area (Å²) in [7, 11) is -0.586. The highest BCUT2D eigenvalue weighted by atomic mass is 79.9. The summed E-state index contributed by atoms with van der Waals surface area (Å²) in [6.07, 6.45) is 1.24. The number of carbonyl (C=O) groups is 1. The van der Waals surface area contributed by atoms with Crippen LogP contribution in [0.3, 0.4) is 0 Å². The fourth-order valence-corrected chi connectivity index (χ4v) is 5.06. The van der Waals surface area contributed by atoms with Gasteiger partial charge >= 0.3 is 0 Å². The molecule has 1 fully saturated rings. The lowest BCUT2D eigenvalue weighted by atomic mass is 9.98. The Morgan fingerprint density at radius 3 is 2.52 bits per heavy atom. The van der Waals surface area contributed by atoms with Gasteiger partial charge in [-0.2, -0.15) is 4.31 Å². The van der Waals surface area contributed by atoms with Crippen molar-refractivity contribution in [1.29, 1.82) is 0 Å². The molecule has 1 aliphatic rings. The SMILES string of the molecule is COc1ccc(NC(=O)[C@H]2CCCN(S(=O)(=O)c3ccc(Br)cc3)C2)c(OC)c1. The van der Waals surface area contributed by atoms with Crippen molar-refractivity contribution in [3.8, 4) is 11.5 Å². The third kappa shape index (κ3) is 4.91. The summed E-state index contributed by atoms with van der Waals surface area (Å²) < 4.78 is 38.6. The number of hydrogen-bond donors (Lipinski definition) is 1. The van der Waals surface area contributed by atoms with Crippen LogP contribution in [0.2, 0.25) is 0 Å². The van der Waals surface area contributed by atoms with Gasteiger partial charge in [-0.25, -0.2) is 8.42 Å². The summed E-state index contributed by atoms with van der Waals surface area (Å²) in [5.74, 6) is 0.419. The second kappa shape index (κ2) is 9.15. The Bertz CT molecular complexity index is 979. The maximum absolute atomic E-state index is 12.9. The number of hydrogen-bond acceptors (Lipinski definition) is 5. The Morgan fingerprint density at radius 2 is 1.86 bits per heavy atom. The molecule has 7 nitrogen and oxygen atoms in total. The molecular weight excluding hydrogens is 460 g/mol. The van der Waals surface area contributed by atoms with Gasteiger partial charge in [-0.1, -0.05) is 15.9 Å². The van der Waals surface area contributed by atoms with Gasteiger partial charge in [0.1, 0.15) is 11.5 Å². The maximum Gasteiger partial charge on any atom is 0.243 e. The van der Waals surface area contributed by atoms with E-state index in [4.69, 9.17) is 9.47 Å². The number of amides is 1. The van der Waals surface area contributed by atoms with Gasteiger partial charge in [-0.3, -0.25) is 4.79 Å². The van der Waals surface area contributed by atoms with E-state index in [9.17, 15) is 13.2 Å². The standard InChI is InChI=1S/C20H23BrN2O5S/c1-27-16-7-10-18(19(12-16)28-2)22-20(24)14-4-3-11-23(13-14)29(25,26)17-8-5-15(21)6-9-17/h5-10,12,14H,3-4,11,13H2,1-2H3,(H,22,24)/t14-/m0/s1. The fourth-order valence-electron chi connectivity index (χ4n) is 3.27. The van der Waals surface area contributed by atoms with E-state index in [1.807, 2.05) is 0 Å². The third-order valence-electron chi connectivity index (χ3n) is 4.87. The minimum absolute atomic E-state index is 0.142. The fraction of sp³-hybridized carbons (Fsp3) is 0.350. The summed E-state index contributed by atoms with van der Waals surface area (Å²) in [5.41, 5.74) is 0.520. The van der Waals surface area contributed by atoms with Gasteiger partial charge < -0.3 is 14.8 Å². The zero-order valence-electron chi connectivity index (χ0n) is 16.2. The van der Waals surface area contributed by atoms with E-state index >= 15 is 0 Å². The van der Waals surface area contributed by atoms with Crippen molar-refractivity contribution in [3.63, 3.8) is 0 Å². The Hall–Kier alpha value is -2.10. The molecule has 1 aliphatic heterocycles. The summed E-state index contributed by atoms with van der Waals surface area (Å²) in [5, 5.41) is 2.85. The monoisotopic (exact) mass is 482 g/mol. The molecule has 1 heterocycles. The van der Waals surface area contributed by atoms with Crippen LogP contribution < -0.4 is 14.8 Å². The van der Waals surface area contributed by atoms with E-state index in [0.29, 0.717) is 36.6 Å². The number of sulfonamides is 1. The van der Waals surface area contributed by atoms with Gasteiger partial charge in [0.05, 0.1) is 30.7 Å². The highest BCUT2D eigenvalue weighted by Crippen LogP contribution is 2.31. The van der Waals surface area contributed by atoms with E-state index in [-0.39, 0.29) is 17.3 Å². The number of carbonyl (C=O) groups excluding carboxylic acids is 1. The van der Waals surface area contributed by atoms with Crippen LogP contribution in [-0.2, 0) is 14.8 Å². The number of halogens is 1. The lowest BCUT2D eigenvalue weighted by Crippen LogP contribution is -2.43. The Kier molecular flexibility index (Phi) is 6.81. The van der Waals surface area contributed by atoms with Crippen LogP contribution in [0, 0.1) is 5.92 Å². The number of nitrogens with zero attached hydrogens (tertiary/aromatic N) is 1. The van der Waals surface area contributed by atoms with Gasteiger partial charge in [-0.15, -0.1) is 0 Å². The Balaban J connectivity index is 1.73. The number of methoxy groups -OCH3 is 2. The van der Waals surface area contributed by atoms with Crippen molar-refractivity contribution in [1.82, 2.24) is 4.31 Å². The largest absolute Gasteiger partial charge is 0.497 e. The molecule has 0 aliphatic carbocycles. The van der Waals surface area contributed by atoms with Crippen LogP contribution >= 0.6 is 15.9 Å². The van der Waals surface area contributed by atoms with Crippen LogP contribution in [0.4, 0.5) is 5.69 Å². The number of rotatable bonds is 6. The Labute approximate surface area is 179 Å². The zero-order chi connectivity index (χ0) is 21.0. The second-order valence-corrected chi connectivity index (χ2v) is 9.57. The molecule has 2 aromatic rings. The molecule has 0 aromatic heterocycles. The van der Waals surface area contributed by atoms with E-state index in [2.05, 4.69) is 21.2 Å². The molecule has 1 amide bonds. The molecular formula is C20H23BrN2O5S. The van der Waals surface area contributed by atoms with Crippen molar-refractivity contribution in [2.45, 2.75) is 17.7 Å². The maximum atomic E-state index is 12.9. The number of piperidine rings is 1. The number of anilines is 1. The first-order valence-corrected chi connectivity index (χ1v) is 11.4. The average molecular weight is 483 g/mol.